The highest BCUT2D eigenvalue weighted by Gasteiger charge is 2.16. The number of hydrogen-bond acceptors (Lipinski definition) is 1. The molecule has 1 aromatic carbocycles. The third kappa shape index (κ3) is 4.11. The Morgan fingerprint density at radius 1 is 1.32 bits per heavy atom. The van der Waals surface area contributed by atoms with Crippen LogP contribution in [0.4, 0.5) is 10.5 Å². The summed E-state index contributed by atoms with van der Waals surface area (Å²) in [6.07, 6.45) is 5.82. The molecule has 1 saturated carbocycles. The normalized spacial score (nSPS) is 16.2. The molecule has 3 nitrogen and oxygen atoms in total. The summed E-state index contributed by atoms with van der Waals surface area (Å²) in [5.41, 5.74) is 1.68. The van der Waals surface area contributed by atoms with Gasteiger partial charge in [-0.05, 0) is 53.4 Å². The number of carbonyl (C=O) groups excluding carboxylic acids is 1. The van der Waals surface area contributed by atoms with Crippen LogP contribution in [-0.4, -0.2) is 12.1 Å². The fourth-order valence-corrected chi connectivity index (χ4v) is 3.05. The van der Waals surface area contributed by atoms with Gasteiger partial charge in [-0.25, -0.2) is 4.79 Å². The van der Waals surface area contributed by atoms with Crippen molar-refractivity contribution in [3.05, 3.63) is 27.2 Å². The molecule has 2 amide bonds. The van der Waals surface area contributed by atoms with Crippen molar-refractivity contribution in [2.24, 2.45) is 0 Å². The van der Waals surface area contributed by atoms with Crippen LogP contribution in [0.3, 0.4) is 0 Å². The zero-order chi connectivity index (χ0) is 13.8. The third-order valence-electron chi connectivity index (χ3n) is 3.44. The van der Waals surface area contributed by atoms with Gasteiger partial charge in [0.05, 0.1) is 5.69 Å². The maximum absolute atomic E-state index is 11.9. The van der Waals surface area contributed by atoms with Gasteiger partial charge < -0.3 is 10.6 Å². The van der Waals surface area contributed by atoms with E-state index in [2.05, 4.69) is 26.6 Å². The molecule has 0 unspecified atom stereocenters. The SMILES string of the molecule is Cc1cc(Br)c(NC(=O)NC2CCCCC2)cc1Cl. The van der Waals surface area contributed by atoms with E-state index in [1.54, 1.807) is 6.07 Å². The van der Waals surface area contributed by atoms with Crippen LogP contribution in [0.1, 0.15) is 37.7 Å². The Morgan fingerprint density at radius 2 is 2.00 bits per heavy atom. The molecule has 1 aromatic rings. The molecular formula is C14H18BrClN2O. The molecule has 2 N–H and O–H groups in total. The molecule has 2 rings (SSSR count). The minimum atomic E-state index is -0.160. The maximum Gasteiger partial charge on any atom is 0.319 e. The van der Waals surface area contributed by atoms with Crippen molar-refractivity contribution in [2.45, 2.75) is 45.1 Å². The number of anilines is 1. The zero-order valence-corrected chi connectivity index (χ0v) is 13.3. The van der Waals surface area contributed by atoms with E-state index < -0.39 is 0 Å². The molecule has 0 spiro atoms. The molecule has 0 radical (unpaired) electrons. The van der Waals surface area contributed by atoms with Gasteiger partial charge in [0.15, 0.2) is 0 Å². The highest BCUT2D eigenvalue weighted by Crippen LogP contribution is 2.29. The number of urea groups is 1. The smallest absolute Gasteiger partial charge is 0.319 e. The molecule has 1 fully saturated rings. The van der Waals surface area contributed by atoms with Gasteiger partial charge in [0, 0.05) is 15.5 Å². The first kappa shape index (κ1) is 14.7. The minimum Gasteiger partial charge on any atom is -0.335 e. The second kappa shape index (κ2) is 6.62. The van der Waals surface area contributed by atoms with Gasteiger partial charge in [-0.1, -0.05) is 30.9 Å². The summed E-state index contributed by atoms with van der Waals surface area (Å²) < 4.78 is 0.841. The predicted molar refractivity (Wildman–Crippen MR) is 82.9 cm³/mol. The van der Waals surface area contributed by atoms with Crippen LogP contribution in [0.25, 0.3) is 0 Å². The Bertz CT molecular complexity index is 473. The summed E-state index contributed by atoms with van der Waals surface area (Å²) in [6, 6.07) is 3.81. The van der Waals surface area contributed by atoms with Crippen LogP contribution >= 0.6 is 27.5 Å². The van der Waals surface area contributed by atoms with Gasteiger partial charge in [0.2, 0.25) is 0 Å². The van der Waals surface area contributed by atoms with Gasteiger partial charge in [0.1, 0.15) is 0 Å². The predicted octanol–water partition coefficient (Wildman–Crippen LogP) is 4.87. The van der Waals surface area contributed by atoms with E-state index in [4.69, 9.17) is 11.6 Å². The Hall–Kier alpha value is -0.740. The Kier molecular flexibility index (Phi) is 5.11. The number of rotatable bonds is 2. The van der Waals surface area contributed by atoms with Crippen LogP contribution in [0, 0.1) is 6.92 Å². The standard InChI is InChI=1S/C14H18BrClN2O/c1-9-7-11(15)13(8-12(9)16)18-14(19)17-10-5-3-2-4-6-10/h7-8,10H,2-6H2,1H3,(H2,17,18,19). The lowest BCUT2D eigenvalue weighted by Gasteiger charge is -2.23. The Morgan fingerprint density at radius 3 is 2.68 bits per heavy atom. The summed E-state index contributed by atoms with van der Waals surface area (Å²) in [6.45, 7) is 1.93. The molecule has 5 heteroatoms. The highest BCUT2D eigenvalue weighted by molar-refractivity contribution is 9.10. The van der Waals surface area contributed by atoms with Gasteiger partial charge in [-0.3, -0.25) is 0 Å². The molecule has 0 aliphatic heterocycles. The van der Waals surface area contributed by atoms with Gasteiger partial charge >= 0.3 is 6.03 Å². The number of hydrogen-bond donors (Lipinski definition) is 2. The monoisotopic (exact) mass is 344 g/mol. The van der Waals surface area contributed by atoms with E-state index in [1.165, 1.54) is 19.3 Å². The van der Waals surface area contributed by atoms with Gasteiger partial charge in [-0.15, -0.1) is 0 Å². The average Bonchev–Trinajstić information content (AvgIpc) is 2.37. The summed E-state index contributed by atoms with van der Waals surface area (Å²) in [5, 5.41) is 6.51. The summed E-state index contributed by atoms with van der Waals surface area (Å²) in [7, 11) is 0. The lowest BCUT2D eigenvalue weighted by molar-refractivity contribution is 0.244. The van der Waals surface area contributed by atoms with Gasteiger partial charge in [-0.2, -0.15) is 0 Å². The summed E-state index contributed by atoms with van der Waals surface area (Å²) in [4.78, 5) is 11.9. The van der Waals surface area contributed by atoms with Crippen LogP contribution < -0.4 is 10.6 Å². The average molecular weight is 346 g/mol. The highest BCUT2D eigenvalue weighted by atomic mass is 79.9. The third-order valence-corrected chi connectivity index (χ3v) is 4.50. The molecule has 19 heavy (non-hydrogen) atoms. The molecule has 0 atom stereocenters. The largest absolute Gasteiger partial charge is 0.335 e. The zero-order valence-electron chi connectivity index (χ0n) is 10.9. The molecule has 104 valence electrons. The topological polar surface area (TPSA) is 41.1 Å². The van der Waals surface area contributed by atoms with E-state index >= 15 is 0 Å². The fraction of sp³-hybridized carbons (Fsp3) is 0.500. The number of nitrogens with one attached hydrogen (secondary N) is 2. The lowest BCUT2D eigenvalue weighted by Crippen LogP contribution is -2.39. The van der Waals surface area contributed by atoms with E-state index in [0.717, 1.165) is 22.9 Å². The van der Waals surface area contributed by atoms with E-state index in [9.17, 15) is 4.79 Å². The number of aryl methyl sites for hydroxylation is 1. The molecule has 0 aromatic heterocycles. The number of carbonyl (C=O) groups is 1. The maximum atomic E-state index is 11.9. The second-order valence-electron chi connectivity index (χ2n) is 5.01. The van der Waals surface area contributed by atoms with Crippen molar-refractivity contribution in [3.8, 4) is 0 Å². The van der Waals surface area contributed by atoms with Crippen molar-refractivity contribution in [2.75, 3.05) is 5.32 Å². The quantitative estimate of drug-likeness (QED) is 0.789. The van der Waals surface area contributed by atoms with Crippen molar-refractivity contribution in [1.82, 2.24) is 5.32 Å². The molecular weight excluding hydrogens is 328 g/mol. The summed E-state index contributed by atoms with van der Waals surface area (Å²) in [5.74, 6) is 0. The van der Waals surface area contributed by atoms with E-state index in [0.29, 0.717) is 16.8 Å². The first-order valence-electron chi connectivity index (χ1n) is 6.59. The second-order valence-corrected chi connectivity index (χ2v) is 6.28. The summed E-state index contributed by atoms with van der Waals surface area (Å²) >= 11 is 9.50. The van der Waals surface area contributed by atoms with Crippen molar-refractivity contribution >= 4 is 39.2 Å². The molecule has 0 saturated heterocycles. The van der Waals surface area contributed by atoms with E-state index in [1.807, 2.05) is 13.0 Å². The fourth-order valence-electron chi connectivity index (χ4n) is 2.33. The van der Waals surface area contributed by atoms with E-state index in [-0.39, 0.29) is 6.03 Å². The van der Waals surface area contributed by atoms with Crippen molar-refractivity contribution in [1.29, 1.82) is 0 Å². The van der Waals surface area contributed by atoms with Gasteiger partial charge in [0.25, 0.3) is 0 Å². The van der Waals surface area contributed by atoms with Crippen molar-refractivity contribution < 1.29 is 4.79 Å². The molecule has 1 aliphatic carbocycles. The Balaban J connectivity index is 1.96. The lowest BCUT2D eigenvalue weighted by atomic mass is 9.96. The minimum absolute atomic E-state index is 0.160. The first-order chi connectivity index (χ1) is 9.06. The first-order valence-corrected chi connectivity index (χ1v) is 7.76. The number of halogens is 2. The van der Waals surface area contributed by atoms with Crippen LogP contribution in [0.5, 0.6) is 0 Å². The number of benzene rings is 1. The Labute approximate surface area is 127 Å². The van der Waals surface area contributed by atoms with Crippen molar-refractivity contribution in [3.63, 3.8) is 0 Å². The molecule has 1 aliphatic rings. The molecule has 0 heterocycles. The number of amides is 2. The molecule has 0 bridgehead atoms. The van der Waals surface area contributed by atoms with Crippen LogP contribution in [-0.2, 0) is 0 Å². The van der Waals surface area contributed by atoms with Crippen LogP contribution in [0.15, 0.2) is 16.6 Å². The van der Waals surface area contributed by atoms with Crippen LogP contribution in [0.2, 0.25) is 5.02 Å².